The largest absolute Gasteiger partial charge is 0.350 e. The van der Waals surface area contributed by atoms with Gasteiger partial charge in [0, 0.05) is 37.0 Å². The summed E-state index contributed by atoms with van der Waals surface area (Å²) in [5, 5.41) is 8.10. The van der Waals surface area contributed by atoms with Gasteiger partial charge in [-0.25, -0.2) is 4.39 Å². The van der Waals surface area contributed by atoms with Crippen molar-refractivity contribution in [2.45, 2.75) is 18.9 Å². The zero-order valence-electron chi connectivity index (χ0n) is 13.7. The molecule has 3 aromatic rings. The molecule has 0 spiro atoms. The molecule has 1 atom stereocenters. The molecule has 4 rings (SSSR count). The van der Waals surface area contributed by atoms with E-state index in [-0.39, 0.29) is 23.5 Å². The lowest BCUT2D eigenvalue weighted by Gasteiger charge is -2.22. The summed E-state index contributed by atoms with van der Waals surface area (Å²) in [4.78, 5) is 14.6. The highest BCUT2D eigenvalue weighted by Crippen LogP contribution is 2.33. The maximum absolute atomic E-state index is 13.4. The average Bonchev–Trinajstić information content (AvgIpc) is 3.34. The monoisotopic (exact) mass is 340 g/mol. The van der Waals surface area contributed by atoms with Crippen LogP contribution in [0.1, 0.15) is 35.0 Å². The molecule has 0 N–H and O–H groups in total. The van der Waals surface area contributed by atoms with Crippen molar-refractivity contribution < 1.29 is 13.7 Å². The number of halogens is 1. The number of rotatable bonds is 3. The molecule has 3 heterocycles. The summed E-state index contributed by atoms with van der Waals surface area (Å²) in [7, 11) is 1.85. The van der Waals surface area contributed by atoms with Crippen LogP contribution in [0.25, 0.3) is 11.3 Å². The molecule has 1 fully saturated rings. The summed E-state index contributed by atoms with van der Waals surface area (Å²) in [5.74, 6) is -0.402. The molecular formula is C18H17FN4O2. The fourth-order valence-electron chi connectivity index (χ4n) is 3.27. The van der Waals surface area contributed by atoms with Gasteiger partial charge in [-0.2, -0.15) is 5.10 Å². The number of hydrogen-bond acceptors (Lipinski definition) is 4. The van der Waals surface area contributed by atoms with Gasteiger partial charge in [-0.05, 0) is 25.0 Å². The maximum Gasteiger partial charge on any atom is 0.292 e. The van der Waals surface area contributed by atoms with Crippen LogP contribution >= 0.6 is 0 Å². The topological polar surface area (TPSA) is 64.2 Å². The molecular weight excluding hydrogens is 323 g/mol. The fraction of sp³-hybridized carbons (Fsp3) is 0.278. The standard InChI is InChI=1S/C18H17FN4O2/c1-22-11-13(10-20-22)16-6-3-7-23(16)18(24)17-9-15(21-25-17)12-4-2-5-14(19)8-12/h2,4-5,8-11,16H,3,6-7H2,1H3/t16-/m0/s1. The molecule has 25 heavy (non-hydrogen) atoms. The number of carbonyl (C=O) groups is 1. The van der Waals surface area contributed by atoms with Gasteiger partial charge in [-0.3, -0.25) is 9.48 Å². The van der Waals surface area contributed by atoms with E-state index in [1.54, 1.807) is 34.0 Å². The minimum Gasteiger partial charge on any atom is -0.350 e. The van der Waals surface area contributed by atoms with Crippen molar-refractivity contribution >= 4 is 5.91 Å². The van der Waals surface area contributed by atoms with Gasteiger partial charge in [0.15, 0.2) is 0 Å². The number of nitrogens with zero attached hydrogens (tertiary/aromatic N) is 4. The Balaban J connectivity index is 1.58. The second-order valence-electron chi connectivity index (χ2n) is 6.19. The molecule has 6 nitrogen and oxygen atoms in total. The lowest BCUT2D eigenvalue weighted by Crippen LogP contribution is -2.30. The van der Waals surface area contributed by atoms with E-state index in [0.29, 0.717) is 17.8 Å². The normalized spacial score (nSPS) is 17.2. The zero-order chi connectivity index (χ0) is 17.4. The van der Waals surface area contributed by atoms with Gasteiger partial charge in [0.1, 0.15) is 11.5 Å². The van der Waals surface area contributed by atoms with Crippen LogP contribution in [0.2, 0.25) is 0 Å². The van der Waals surface area contributed by atoms with Crippen molar-refractivity contribution in [1.29, 1.82) is 0 Å². The Morgan fingerprint density at radius 2 is 2.24 bits per heavy atom. The number of hydrogen-bond donors (Lipinski definition) is 0. The highest BCUT2D eigenvalue weighted by Gasteiger charge is 2.33. The Labute approximate surface area is 143 Å². The van der Waals surface area contributed by atoms with Crippen molar-refractivity contribution in [3.63, 3.8) is 0 Å². The maximum atomic E-state index is 13.4. The molecule has 1 aliphatic rings. The van der Waals surface area contributed by atoms with E-state index in [2.05, 4.69) is 10.3 Å². The van der Waals surface area contributed by atoms with Gasteiger partial charge < -0.3 is 9.42 Å². The van der Waals surface area contributed by atoms with Crippen molar-refractivity contribution in [3.05, 3.63) is 59.9 Å². The summed E-state index contributed by atoms with van der Waals surface area (Å²) in [6, 6.07) is 7.60. The van der Waals surface area contributed by atoms with Crippen LogP contribution in [-0.2, 0) is 7.05 Å². The minimum atomic E-state index is -0.357. The molecule has 0 aliphatic carbocycles. The van der Waals surface area contributed by atoms with Crippen LogP contribution in [0.15, 0.2) is 47.2 Å². The second-order valence-corrected chi connectivity index (χ2v) is 6.19. The van der Waals surface area contributed by atoms with Crippen molar-refractivity contribution in [3.8, 4) is 11.3 Å². The molecule has 0 radical (unpaired) electrons. The van der Waals surface area contributed by atoms with Crippen LogP contribution in [0, 0.1) is 5.82 Å². The van der Waals surface area contributed by atoms with E-state index in [4.69, 9.17) is 4.52 Å². The molecule has 0 unspecified atom stereocenters. The van der Waals surface area contributed by atoms with Crippen molar-refractivity contribution in [2.24, 2.45) is 7.05 Å². The third kappa shape index (κ3) is 2.93. The summed E-state index contributed by atoms with van der Waals surface area (Å²) < 4.78 is 20.3. The first-order chi connectivity index (χ1) is 12.1. The van der Waals surface area contributed by atoms with Gasteiger partial charge in [0.05, 0.1) is 12.2 Å². The Morgan fingerprint density at radius 3 is 3.00 bits per heavy atom. The lowest BCUT2D eigenvalue weighted by molar-refractivity contribution is 0.0693. The molecule has 1 amide bonds. The number of benzene rings is 1. The number of likely N-dealkylation sites (tertiary alicyclic amines) is 1. The minimum absolute atomic E-state index is 0.0103. The van der Waals surface area contributed by atoms with E-state index >= 15 is 0 Å². The summed E-state index contributed by atoms with van der Waals surface area (Å²) in [5.41, 5.74) is 2.03. The number of aryl methyl sites for hydroxylation is 1. The zero-order valence-corrected chi connectivity index (χ0v) is 13.7. The van der Waals surface area contributed by atoms with Gasteiger partial charge in [0.2, 0.25) is 5.76 Å². The highest BCUT2D eigenvalue weighted by atomic mass is 19.1. The number of aromatic nitrogens is 3. The molecule has 128 valence electrons. The highest BCUT2D eigenvalue weighted by molar-refractivity contribution is 5.93. The molecule has 1 aromatic carbocycles. The third-order valence-electron chi connectivity index (χ3n) is 4.46. The predicted molar refractivity (Wildman–Crippen MR) is 88.1 cm³/mol. The Morgan fingerprint density at radius 1 is 1.36 bits per heavy atom. The van der Waals surface area contributed by atoms with Crippen LogP contribution < -0.4 is 0 Å². The summed E-state index contributed by atoms with van der Waals surface area (Å²) >= 11 is 0. The quantitative estimate of drug-likeness (QED) is 0.734. The smallest absolute Gasteiger partial charge is 0.292 e. The van der Waals surface area contributed by atoms with Gasteiger partial charge in [-0.15, -0.1) is 0 Å². The number of amides is 1. The first kappa shape index (κ1) is 15.6. The molecule has 1 saturated heterocycles. The molecule has 7 heteroatoms. The van der Waals surface area contributed by atoms with E-state index < -0.39 is 0 Å². The fourth-order valence-corrected chi connectivity index (χ4v) is 3.27. The first-order valence-corrected chi connectivity index (χ1v) is 8.14. The van der Waals surface area contributed by atoms with E-state index in [9.17, 15) is 9.18 Å². The van der Waals surface area contributed by atoms with Crippen LogP contribution in [0.5, 0.6) is 0 Å². The Hall–Kier alpha value is -2.96. The van der Waals surface area contributed by atoms with Crippen molar-refractivity contribution in [1.82, 2.24) is 19.8 Å². The van der Waals surface area contributed by atoms with Gasteiger partial charge >= 0.3 is 0 Å². The summed E-state index contributed by atoms with van der Waals surface area (Å²) in [6.45, 7) is 0.661. The molecule has 0 bridgehead atoms. The van der Waals surface area contributed by atoms with Crippen LogP contribution in [0.4, 0.5) is 4.39 Å². The van der Waals surface area contributed by atoms with Gasteiger partial charge in [-0.1, -0.05) is 17.3 Å². The number of carbonyl (C=O) groups excluding carboxylic acids is 1. The third-order valence-corrected chi connectivity index (χ3v) is 4.46. The molecule has 2 aromatic heterocycles. The van der Waals surface area contributed by atoms with Crippen LogP contribution in [-0.4, -0.2) is 32.3 Å². The average molecular weight is 340 g/mol. The Bertz CT molecular complexity index is 917. The van der Waals surface area contributed by atoms with E-state index in [1.165, 1.54) is 12.1 Å². The molecule has 1 aliphatic heterocycles. The Kier molecular flexibility index (Phi) is 3.83. The van der Waals surface area contributed by atoms with E-state index in [1.807, 2.05) is 13.2 Å². The van der Waals surface area contributed by atoms with E-state index in [0.717, 1.165) is 18.4 Å². The van der Waals surface area contributed by atoms with Gasteiger partial charge in [0.25, 0.3) is 5.91 Å². The van der Waals surface area contributed by atoms with Crippen molar-refractivity contribution in [2.75, 3.05) is 6.54 Å². The van der Waals surface area contributed by atoms with Crippen LogP contribution in [0.3, 0.4) is 0 Å². The predicted octanol–water partition coefficient (Wildman–Crippen LogP) is 3.19. The lowest BCUT2D eigenvalue weighted by atomic mass is 10.1. The summed E-state index contributed by atoms with van der Waals surface area (Å²) in [6.07, 6.45) is 5.53. The SMILES string of the molecule is Cn1cc([C@@H]2CCCN2C(=O)c2cc(-c3cccc(F)c3)no2)cn1. The second kappa shape index (κ2) is 6.16. The first-order valence-electron chi connectivity index (χ1n) is 8.14. The molecule has 0 saturated carbocycles.